The second-order valence-electron chi connectivity index (χ2n) is 14.0. The fourth-order valence-electron chi connectivity index (χ4n) is 8.13. The SMILES string of the molecule is CCc1cc(C[C@@H](NC(=O)N2CCC(N3CCc4ccccc4NC3=O)CC2)C(=O)N2CCC(C3CCN(C)CC3)CC2)ccc1F. The molecule has 5 amide bonds. The number of fused-ring (bicyclic) bond motifs is 1. The number of para-hydroxylation sites is 1. The van der Waals surface area contributed by atoms with Crippen LogP contribution in [0.3, 0.4) is 0 Å². The number of urea groups is 2. The molecule has 0 unspecified atom stereocenters. The molecule has 10 heteroatoms. The summed E-state index contributed by atoms with van der Waals surface area (Å²) in [7, 11) is 2.19. The maximum absolute atomic E-state index is 14.3. The van der Waals surface area contributed by atoms with Crippen molar-refractivity contribution in [3.63, 3.8) is 0 Å². The third-order valence-corrected chi connectivity index (χ3v) is 11.1. The van der Waals surface area contributed by atoms with E-state index in [4.69, 9.17) is 0 Å². The zero-order valence-corrected chi connectivity index (χ0v) is 28.1. The van der Waals surface area contributed by atoms with Gasteiger partial charge in [-0.05, 0) is 112 Å². The number of amides is 5. The molecule has 6 rings (SSSR count). The summed E-state index contributed by atoms with van der Waals surface area (Å²) >= 11 is 0. The van der Waals surface area contributed by atoms with Crippen molar-refractivity contribution in [2.75, 3.05) is 58.2 Å². The Hall–Kier alpha value is -3.66. The topological polar surface area (TPSA) is 88.2 Å². The van der Waals surface area contributed by atoms with Gasteiger partial charge in [-0.1, -0.05) is 37.3 Å². The third-order valence-electron chi connectivity index (χ3n) is 11.1. The Morgan fingerprint density at radius 1 is 0.894 bits per heavy atom. The zero-order valence-electron chi connectivity index (χ0n) is 28.1. The van der Waals surface area contributed by atoms with Crippen LogP contribution in [0, 0.1) is 17.7 Å². The van der Waals surface area contributed by atoms with Crippen LogP contribution < -0.4 is 10.6 Å². The molecule has 1 atom stereocenters. The Morgan fingerprint density at radius 3 is 2.26 bits per heavy atom. The Kier molecular flexibility index (Phi) is 10.6. The minimum absolute atomic E-state index is 0.0448. The summed E-state index contributed by atoms with van der Waals surface area (Å²) in [5.74, 6) is 1.07. The highest BCUT2D eigenvalue weighted by Crippen LogP contribution is 2.32. The number of carbonyl (C=O) groups is 3. The molecule has 4 heterocycles. The number of nitrogens with zero attached hydrogens (tertiary/aromatic N) is 4. The lowest BCUT2D eigenvalue weighted by Gasteiger charge is -2.41. The highest BCUT2D eigenvalue weighted by atomic mass is 19.1. The van der Waals surface area contributed by atoms with Crippen molar-refractivity contribution in [1.82, 2.24) is 24.9 Å². The first-order chi connectivity index (χ1) is 22.8. The summed E-state index contributed by atoms with van der Waals surface area (Å²) in [6.45, 7) is 7.27. The van der Waals surface area contributed by atoms with Gasteiger partial charge in [0.2, 0.25) is 5.91 Å². The summed E-state index contributed by atoms with van der Waals surface area (Å²) in [4.78, 5) is 48.8. The normalized spacial score (nSPS) is 21.2. The van der Waals surface area contributed by atoms with E-state index in [0.29, 0.717) is 69.9 Å². The van der Waals surface area contributed by atoms with Gasteiger partial charge in [-0.3, -0.25) is 4.79 Å². The van der Waals surface area contributed by atoms with E-state index in [0.717, 1.165) is 55.1 Å². The molecule has 0 saturated carbocycles. The highest BCUT2D eigenvalue weighted by molar-refractivity contribution is 5.91. The monoisotopic (exact) mass is 646 g/mol. The van der Waals surface area contributed by atoms with Crippen molar-refractivity contribution in [3.05, 3.63) is 65.0 Å². The fraction of sp³-hybridized carbons (Fsp3) is 0.595. The zero-order chi connectivity index (χ0) is 32.9. The molecule has 47 heavy (non-hydrogen) atoms. The number of hydrogen-bond donors (Lipinski definition) is 2. The summed E-state index contributed by atoms with van der Waals surface area (Å²) in [5.41, 5.74) is 3.46. The van der Waals surface area contributed by atoms with Crippen LogP contribution in [0.1, 0.15) is 62.1 Å². The number of benzene rings is 2. The molecule has 0 spiro atoms. The Bertz CT molecular complexity index is 1410. The van der Waals surface area contributed by atoms with E-state index < -0.39 is 6.04 Å². The number of piperidine rings is 3. The second-order valence-corrected chi connectivity index (χ2v) is 14.0. The molecule has 254 valence electrons. The molecule has 2 N–H and O–H groups in total. The maximum atomic E-state index is 14.3. The van der Waals surface area contributed by atoms with E-state index >= 15 is 0 Å². The number of likely N-dealkylation sites (tertiary alicyclic amines) is 3. The maximum Gasteiger partial charge on any atom is 0.322 e. The first-order valence-electron chi connectivity index (χ1n) is 17.7. The quantitative estimate of drug-likeness (QED) is 0.436. The van der Waals surface area contributed by atoms with Crippen molar-refractivity contribution in [2.45, 2.75) is 76.8 Å². The molecule has 0 bridgehead atoms. The van der Waals surface area contributed by atoms with E-state index in [9.17, 15) is 18.8 Å². The molecule has 3 saturated heterocycles. The number of aryl methyl sites for hydroxylation is 1. The van der Waals surface area contributed by atoms with Gasteiger partial charge in [0, 0.05) is 50.9 Å². The number of rotatable bonds is 7. The van der Waals surface area contributed by atoms with Gasteiger partial charge in [-0.25, -0.2) is 14.0 Å². The van der Waals surface area contributed by atoms with Crippen LogP contribution >= 0.6 is 0 Å². The molecule has 2 aromatic carbocycles. The molecule has 4 aliphatic heterocycles. The van der Waals surface area contributed by atoms with Crippen molar-refractivity contribution in [1.29, 1.82) is 0 Å². The van der Waals surface area contributed by atoms with Gasteiger partial charge in [0.25, 0.3) is 0 Å². The summed E-state index contributed by atoms with van der Waals surface area (Å²) < 4.78 is 14.3. The van der Waals surface area contributed by atoms with Gasteiger partial charge in [-0.2, -0.15) is 0 Å². The smallest absolute Gasteiger partial charge is 0.322 e. The van der Waals surface area contributed by atoms with Crippen molar-refractivity contribution < 1.29 is 18.8 Å². The predicted octanol–water partition coefficient (Wildman–Crippen LogP) is 5.14. The first kappa shape index (κ1) is 33.2. The molecule has 0 aliphatic carbocycles. The molecule has 0 radical (unpaired) electrons. The van der Waals surface area contributed by atoms with Crippen LogP contribution in [-0.2, 0) is 24.1 Å². The van der Waals surface area contributed by atoms with Crippen LogP contribution in [0.5, 0.6) is 0 Å². The number of nitrogens with one attached hydrogen (secondary N) is 2. The van der Waals surface area contributed by atoms with Crippen LogP contribution in [0.25, 0.3) is 0 Å². The predicted molar refractivity (Wildman–Crippen MR) is 182 cm³/mol. The molecular formula is C37H51FN6O3. The summed E-state index contributed by atoms with van der Waals surface area (Å²) in [6, 6.07) is 11.9. The molecule has 0 aromatic heterocycles. The largest absolute Gasteiger partial charge is 0.341 e. The molecule has 4 aliphatic rings. The standard InChI is InChI=1S/C37H51FN6O3/c1-3-27-24-26(8-9-32(27)38)25-34(35(45)42-19-12-29(13-20-42)28-10-17-41(2)18-11-28)40-36(46)43-21-15-31(16-22-43)44-23-14-30-6-4-5-7-33(30)39-37(44)47/h4-9,24,28-29,31,34H,3,10-23,25H2,1-2H3,(H,39,47)(H,40,46)/t34-/m1/s1. The second kappa shape index (κ2) is 15.0. The third kappa shape index (κ3) is 7.91. The van der Waals surface area contributed by atoms with Gasteiger partial charge < -0.3 is 30.2 Å². The summed E-state index contributed by atoms with van der Waals surface area (Å²) in [5, 5.41) is 6.15. The van der Waals surface area contributed by atoms with Crippen molar-refractivity contribution in [2.24, 2.45) is 11.8 Å². The fourth-order valence-corrected chi connectivity index (χ4v) is 8.13. The number of carbonyl (C=O) groups excluding carboxylic acids is 3. The minimum Gasteiger partial charge on any atom is -0.341 e. The van der Waals surface area contributed by atoms with Crippen molar-refractivity contribution in [3.8, 4) is 0 Å². The molecular weight excluding hydrogens is 595 g/mol. The van der Waals surface area contributed by atoms with Gasteiger partial charge >= 0.3 is 12.1 Å². The average Bonchev–Trinajstić information content (AvgIpc) is 3.27. The molecule has 2 aromatic rings. The first-order valence-corrected chi connectivity index (χ1v) is 17.7. The van der Waals surface area contributed by atoms with Gasteiger partial charge in [0.15, 0.2) is 0 Å². The van der Waals surface area contributed by atoms with Crippen LogP contribution in [-0.4, -0.2) is 103 Å². The van der Waals surface area contributed by atoms with Crippen LogP contribution in [0.2, 0.25) is 0 Å². The minimum atomic E-state index is -0.731. The Morgan fingerprint density at radius 2 is 1.55 bits per heavy atom. The van der Waals surface area contributed by atoms with Gasteiger partial charge in [-0.15, -0.1) is 0 Å². The number of halogens is 1. The van der Waals surface area contributed by atoms with Crippen LogP contribution in [0.15, 0.2) is 42.5 Å². The van der Waals surface area contributed by atoms with E-state index in [1.165, 1.54) is 18.9 Å². The van der Waals surface area contributed by atoms with E-state index in [-0.39, 0.29) is 29.8 Å². The molecule has 9 nitrogen and oxygen atoms in total. The Balaban J connectivity index is 1.08. The van der Waals surface area contributed by atoms with Crippen molar-refractivity contribution >= 4 is 23.7 Å². The van der Waals surface area contributed by atoms with Gasteiger partial charge in [0.1, 0.15) is 11.9 Å². The average molecular weight is 647 g/mol. The Labute approximate surface area is 278 Å². The number of hydrogen-bond acceptors (Lipinski definition) is 4. The summed E-state index contributed by atoms with van der Waals surface area (Å²) in [6.07, 6.45) is 7.48. The van der Waals surface area contributed by atoms with E-state index in [1.807, 2.05) is 41.0 Å². The van der Waals surface area contributed by atoms with Crippen LogP contribution in [0.4, 0.5) is 19.7 Å². The van der Waals surface area contributed by atoms with E-state index in [2.05, 4.69) is 28.6 Å². The van der Waals surface area contributed by atoms with Gasteiger partial charge in [0.05, 0.1) is 0 Å². The number of anilines is 1. The lowest BCUT2D eigenvalue weighted by atomic mass is 9.79. The lowest BCUT2D eigenvalue weighted by Crippen LogP contribution is -2.57. The van der Waals surface area contributed by atoms with E-state index in [1.54, 1.807) is 11.0 Å². The molecule has 3 fully saturated rings. The lowest BCUT2D eigenvalue weighted by molar-refractivity contribution is -0.135. The highest BCUT2D eigenvalue weighted by Gasteiger charge is 2.36.